The van der Waals surface area contributed by atoms with E-state index in [2.05, 4.69) is 31.2 Å². The lowest BCUT2D eigenvalue weighted by molar-refractivity contribution is -0.138. The number of likely N-dealkylation sites (tertiary alicyclic amines) is 1. The molecule has 1 aliphatic rings. The van der Waals surface area contributed by atoms with Crippen LogP contribution in [0.15, 0.2) is 73.2 Å². The van der Waals surface area contributed by atoms with Crippen LogP contribution in [-0.4, -0.2) is 88.0 Å². The summed E-state index contributed by atoms with van der Waals surface area (Å²) in [7, 11) is 0. The standard InChI is InChI=1S/C38H48N7O8/c1-4-25(3)32(36(49)44-35(48)31-18-12-13-19-45(31)38(51)52-5-2)43-34(47)30(21-28-22-39-24-40-28)41-33(46)29(20-26-14-8-6-9-15-26)42-37(50)53-23-27-16-10-7-11-17-27/h6-12,14-17,22,24-25,29-32H,4-5,13,18-21,23H2,1-3H3,(H,39,40)(H,41,46)(H,42,50)(H,43,47)(H,44,48,49)/t25-,29-,30-,31?,32-/m0/s1. The largest absolute Gasteiger partial charge is 0.450 e. The van der Waals surface area contributed by atoms with Gasteiger partial charge < -0.3 is 30.4 Å². The van der Waals surface area contributed by atoms with Crippen LogP contribution in [0.5, 0.6) is 0 Å². The van der Waals surface area contributed by atoms with Crippen molar-refractivity contribution in [2.45, 2.75) is 83.6 Å². The Labute approximate surface area is 309 Å². The SMILES string of the molecule is CCOC(=O)N1CC[CH]CC1C(=O)NC(=O)[C@@H](NC(=O)[C@H](Cc1c[nH]cn1)NC(=O)[C@H](Cc1ccccc1)NC(=O)OCc1ccccc1)[C@@H](C)CC. The molecule has 1 aromatic heterocycles. The fourth-order valence-electron chi connectivity index (χ4n) is 5.76. The minimum Gasteiger partial charge on any atom is -0.450 e. The molecule has 5 atom stereocenters. The van der Waals surface area contributed by atoms with Crippen LogP contribution in [0, 0.1) is 12.3 Å². The number of alkyl carbamates (subject to hydrolysis) is 1. The number of carbonyl (C=O) groups is 6. The highest BCUT2D eigenvalue weighted by Crippen LogP contribution is 2.18. The highest BCUT2D eigenvalue weighted by atomic mass is 16.6. The minimum absolute atomic E-state index is 0.0159. The molecular weight excluding hydrogens is 682 g/mol. The van der Waals surface area contributed by atoms with E-state index in [0.717, 1.165) is 11.1 Å². The second-order valence-corrected chi connectivity index (χ2v) is 12.7. The van der Waals surface area contributed by atoms with Crippen LogP contribution in [-0.2, 0) is 48.1 Å². The number of aromatic nitrogens is 2. The number of piperidine rings is 1. The molecule has 1 saturated heterocycles. The number of hydrogen-bond acceptors (Lipinski definition) is 9. The number of amides is 6. The van der Waals surface area contributed by atoms with Gasteiger partial charge in [0.05, 0.1) is 18.6 Å². The molecule has 2 heterocycles. The number of H-pyrrole nitrogens is 1. The Bertz CT molecular complexity index is 1660. The minimum atomic E-state index is -1.24. The lowest BCUT2D eigenvalue weighted by Crippen LogP contribution is -2.60. The first-order valence-electron chi connectivity index (χ1n) is 17.8. The summed E-state index contributed by atoms with van der Waals surface area (Å²) in [6.45, 7) is 5.61. The highest BCUT2D eigenvalue weighted by molar-refractivity contribution is 6.02. The summed E-state index contributed by atoms with van der Waals surface area (Å²) in [5.74, 6) is -3.27. The number of nitrogens with zero attached hydrogens (tertiary/aromatic N) is 2. The van der Waals surface area contributed by atoms with Gasteiger partial charge in [-0.2, -0.15) is 0 Å². The smallest absolute Gasteiger partial charge is 0.410 e. The molecule has 0 bridgehead atoms. The molecule has 0 spiro atoms. The van der Waals surface area contributed by atoms with Crippen molar-refractivity contribution in [1.29, 1.82) is 0 Å². The first-order valence-corrected chi connectivity index (χ1v) is 17.8. The lowest BCUT2D eigenvalue weighted by Gasteiger charge is -2.34. The zero-order chi connectivity index (χ0) is 38.2. The third-order valence-electron chi connectivity index (χ3n) is 8.89. The molecule has 3 aromatic rings. The summed E-state index contributed by atoms with van der Waals surface area (Å²) in [5, 5.41) is 10.5. The molecule has 1 aliphatic heterocycles. The number of rotatable bonds is 16. The summed E-state index contributed by atoms with van der Waals surface area (Å²) in [5.41, 5.74) is 1.96. The average molecular weight is 731 g/mol. The number of imidazole rings is 1. The Hall–Kier alpha value is -5.73. The Balaban J connectivity index is 1.50. The van der Waals surface area contributed by atoms with Crippen LogP contribution < -0.4 is 21.3 Å². The van der Waals surface area contributed by atoms with Crippen molar-refractivity contribution in [2.75, 3.05) is 13.2 Å². The molecule has 1 radical (unpaired) electrons. The van der Waals surface area contributed by atoms with E-state index in [-0.39, 0.29) is 39.0 Å². The molecule has 6 amide bonds. The van der Waals surface area contributed by atoms with Gasteiger partial charge in [0.25, 0.3) is 0 Å². The Morgan fingerprint density at radius 3 is 2.15 bits per heavy atom. The predicted molar refractivity (Wildman–Crippen MR) is 194 cm³/mol. The number of imide groups is 1. The second-order valence-electron chi connectivity index (χ2n) is 12.7. The molecule has 1 fully saturated rings. The van der Waals surface area contributed by atoms with Gasteiger partial charge in [-0.25, -0.2) is 14.6 Å². The van der Waals surface area contributed by atoms with Crippen molar-refractivity contribution in [2.24, 2.45) is 5.92 Å². The van der Waals surface area contributed by atoms with Crippen LogP contribution in [0.2, 0.25) is 0 Å². The van der Waals surface area contributed by atoms with Gasteiger partial charge >= 0.3 is 12.2 Å². The Morgan fingerprint density at radius 1 is 0.849 bits per heavy atom. The molecule has 15 nitrogen and oxygen atoms in total. The summed E-state index contributed by atoms with van der Waals surface area (Å²) >= 11 is 0. The van der Waals surface area contributed by atoms with Gasteiger partial charge in [0.1, 0.15) is 30.8 Å². The summed E-state index contributed by atoms with van der Waals surface area (Å²) in [6.07, 6.45) is 4.68. The Kier molecular flexibility index (Phi) is 15.4. The van der Waals surface area contributed by atoms with Crippen molar-refractivity contribution in [3.63, 3.8) is 0 Å². The maximum Gasteiger partial charge on any atom is 0.410 e. The number of aromatic amines is 1. The second kappa shape index (κ2) is 20.3. The Morgan fingerprint density at radius 2 is 1.51 bits per heavy atom. The van der Waals surface area contributed by atoms with Crippen LogP contribution in [0.4, 0.5) is 9.59 Å². The topological polar surface area (TPSA) is 201 Å². The van der Waals surface area contributed by atoms with Gasteiger partial charge in [0.15, 0.2) is 0 Å². The first kappa shape index (κ1) is 40.0. The van der Waals surface area contributed by atoms with Crippen molar-refractivity contribution in [1.82, 2.24) is 36.1 Å². The molecule has 283 valence electrons. The third kappa shape index (κ3) is 12.2. The summed E-state index contributed by atoms with van der Waals surface area (Å²) < 4.78 is 10.5. The molecule has 15 heteroatoms. The normalized spacial score (nSPS) is 16.2. The highest BCUT2D eigenvalue weighted by Gasteiger charge is 2.37. The molecular formula is C38H48N7O8. The molecule has 5 N–H and O–H groups in total. The van der Waals surface area contributed by atoms with Crippen LogP contribution in [0.3, 0.4) is 0 Å². The number of ether oxygens (including phenoxy) is 2. The van der Waals surface area contributed by atoms with Crippen molar-refractivity contribution in [3.05, 3.63) is 96.4 Å². The van der Waals surface area contributed by atoms with E-state index >= 15 is 0 Å². The van der Waals surface area contributed by atoms with Gasteiger partial charge in [-0.3, -0.25) is 29.4 Å². The molecule has 53 heavy (non-hydrogen) atoms. The predicted octanol–water partition coefficient (Wildman–Crippen LogP) is 2.97. The number of hydrogen-bond donors (Lipinski definition) is 5. The molecule has 4 rings (SSSR count). The summed E-state index contributed by atoms with van der Waals surface area (Å²) in [6, 6.07) is 13.6. The van der Waals surface area contributed by atoms with Crippen LogP contribution in [0.1, 0.15) is 56.9 Å². The van der Waals surface area contributed by atoms with Crippen molar-refractivity contribution < 1.29 is 38.2 Å². The molecule has 0 saturated carbocycles. The van der Waals surface area contributed by atoms with Crippen LogP contribution in [0.25, 0.3) is 0 Å². The molecule has 2 aromatic carbocycles. The van der Waals surface area contributed by atoms with E-state index in [0.29, 0.717) is 18.5 Å². The van der Waals surface area contributed by atoms with Gasteiger partial charge in [-0.1, -0.05) is 80.9 Å². The van der Waals surface area contributed by atoms with Crippen molar-refractivity contribution >= 4 is 35.8 Å². The van der Waals surface area contributed by atoms with Crippen LogP contribution >= 0.6 is 0 Å². The van der Waals surface area contributed by atoms with Gasteiger partial charge in [0.2, 0.25) is 23.6 Å². The van der Waals surface area contributed by atoms with E-state index < -0.39 is 65.9 Å². The maximum atomic E-state index is 14.0. The number of benzene rings is 2. The van der Waals surface area contributed by atoms with Gasteiger partial charge in [-0.15, -0.1) is 0 Å². The quantitative estimate of drug-likeness (QED) is 0.147. The monoisotopic (exact) mass is 730 g/mol. The van der Waals surface area contributed by atoms with E-state index in [1.165, 1.54) is 11.2 Å². The van der Waals surface area contributed by atoms with Gasteiger partial charge in [-0.05, 0) is 43.2 Å². The lowest BCUT2D eigenvalue weighted by atomic mass is 9.96. The average Bonchev–Trinajstić information content (AvgIpc) is 3.69. The first-order chi connectivity index (χ1) is 25.6. The zero-order valence-corrected chi connectivity index (χ0v) is 30.2. The maximum absolute atomic E-state index is 14.0. The molecule has 0 aliphatic carbocycles. The fourth-order valence-corrected chi connectivity index (χ4v) is 5.76. The molecule has 1 unspecified atom stereocenters. The number of carbonyl (C=O) groups excluding carboxylic acids is 6. The van der Waals surface area contributed by atoms with E-state index in [4.69, 9.17) is 9.47 Å². The van der Waals surface area contributed by atoms with Gasteiger partial charge in [0, 0.05) is 25.6 Å². The summed E-state index contributed by atoms with van der Waals surface area (Å²) in [4.78, 5) is 88.6. The third-order valence-corrected chi connectivity index (χ3v) is 8.89. The van der Waals surface area contributed by atoms with E-state index in [1.54, 1.807) is 56.4 Å². The zero-order valence-electron chi connectivity index (χ0n) is 30.2. The van der Waals surface area contributed by atoms with Crippen molar-refractivity contribution in [3.8, 4) is 0 Å². The fraction of sp³-hybridized carbons (Fsp3) is 0.421. The van der Waals surface area contributed by atoms with E-state index in [1.807, 2.05) is 37.6 Å². The van der Waals surface area contributed by atoms with E-state index in [9.17, 15) is 28.8 Å². The number of nitrogens with one attached hydrogen (secondary N) is 5.